The zero-order chi connectivity index (χ0) is 10.7. The number of nitrogens with one attached hydrogen (secondary N) is 1. The average Bonchev–Trinajstić information content (AvgIpc) is 2.65. The molecule has 0 bridgehead atoms. The molecule has 5 nitrogen and oxygen atoms in total. The Morgan fingerprint density at radius 2 is 2.47 bits per heavy atom. The van der Waals surface area contributed by atoms with Crippen molar-refractivity contribution in [3.63, 3.8) is 0 Å². The normalized spacial score (nSPS) is 18.8. The summed E-state index contributed by atoms with van der Waals surface area (Å²) in [4.78, 5) is 6.52. The van der Waals surface area contributed by atoms with Crippen LogP contribution in [0.1, 0.15) is 5.82 Å². The van der Waals surface area contributed by atoms with Gasteiger partial charge in [-0.3, -0.25) is 4.90 Å². The molecule has 0 saturated heterocycles. The molecule has 0 saturated carbocycles. The zero-order valence-electron chi connectivity index (χ0n) is 9.06. The van der Waals surface area contributed by atoms with Crippen molar-refractivity contribution in [2.45, 2.75) is 19.2 Å². The van der Waals surface area contributed by atoms with E-state index < -0.39 is 0 Å². The number of aliphatic hydroxyl groups excluding tert-OH is 1. The molecule has 5 heteroatoms. The molecule has 2 heterocycles. The van der Waals surface area contributed by atoms with Crippen LogP contribution in [0.3, 0.4) is 0 Å². The maximum absolute atomic E-state index is 9.67. The fourth-order valence-electron chi connectivity index (χ4n) is 1.98. The Bertz CT molecular complexity index is 312. The third-order valence-electron chi connectivity index (χ3n) is 2.73. The second kappa shape index (κ2) is 4.74. The molecule has 0 radical (unpaired) electrons. The lowest BCUT2D eigenvalue weighted by molar-refractivity contribution is 0.0967. The Balaban J connectivity index is 1.87. The van der Waals surface area contributed by atoms with Crippen molar-refractivity contribution in [2.75, 3.05) is 26.7 Å². The lowest BCUT2D eigenvalue weighted by Crippen LogP contribution is -2.41. The van der Waals surface area contributed by atoms with Crippen LogP contribution in [0.15, 0.2) is 12.4 Å². The third kappa shape index (κ3) is 2.56. The topological polar surface area (TPSA) is 53.3 Å². The van der Waals surface area contributed by atoms with Crippen molar-refractivity contribution >= 4 is 0 Å². The molecular weight excluding hydrogens is 192 g/mol. The number of fused-ring (bicyclic) bond motifs is 1. The average molecular weight is 210 g/mol. The van der Waals surface area contributed by atoms with Crippen LogP contribution < -0.4 is 5.32 Å². The number of nitrogens with zero attached hydrogens (tertiary/aromatic N) is 3. The highest BCUT2D eigenvalue weighted by molar-refractivity contribution is 4.95. The van der Waals surface area contributed by atoms with Gasteiger partial charge in [0.05, 0.1) is 12.6 Å². The third-order valence-corrected chi connectivity index (χ3v) is 2.73. The van der Waals surface area contributed by atoms with Crippen molar-refractivity contribution in [3.05, 3.63) is 18.2 Å². The highest BCUT2D eigenvalue weighted by Gasteiger charge is 2.18. The summed E-state index contributed by atoms with van der Waals surface area (Å²) in [5, 5.41) is 12.6. The Hall–Kier alpha value is -0.910. The van der Waals surface area contributed by atoms with E-state index in [0.29, 0.717) is 13.1 Å². The van der Waals surface area contributed by atoms with Crippen LogP contribution in [0, 0.1) is 0 Å². The molecule has 1 aromatic heterocycles. The second-order valence-electron chi connectivity index (χ2n) is 3.98. The summed E-state index contributed by atoms with van der Waals surface area (Å²) >= 11 is 0. The van der Waals surface area contributed by atoms with Crippen molar-refractivity contribution in [3.8, 4) is 0 Å². The Labute approximate surface area is 89.7 Å². The quantitative estimate of drug-likeness (QED) is 0.688. The van der Waals surface area contributed by atoms with Gasteiger partial charge in [0.1, 0.15) is 5.82 Å². The van der Waals surface area contributed by atoms with Gasteiger partial charge in [0, 0.05) is 38.6 Å². The Morgan fingerprint density at radius 3 is 3.27 bits per heavy atom. The number of aromatic nitrogens is 2. The summed E-state index contributed by atoms with van der Waals surface area (Å²) in [6, 6.07) is 0. The largest absolute Gasteiger partial charge is 0.390 e. The molecule has 0 amide bonds. The van der Waals surface area contributed by atoms with Crippen molar-refractivity contribution < 1.29 is 5.11 Å². The van der Waals surface area contributed by atoms with E-state index in [0.717, 1.165) is 25.5 Å². The monoisotopic (exact) mass is 210 g/mol. The Kier molecular flexibility index (Phi) is 3.35. The molecule has 84 valence electrons. The molecule has 1 aliphatic heterocycles. The number of rotatable bonds is 4. The van der Waals surface area contributed by atoms with Gasteiger partial charge in [-0.2, -0.15) is 0 Å². The standard InChI is InChI=1S/C10H18N4O/c1-11-6-9(15)7-13-4-5-14-3-2-12-10(14)8-13/h2-3,9,11,15H,4-8H2,1H3. The first kappa shape index (κ1) is 10.6. The van der Waals surface area contributed by atoms with E-state index in [2.05, 4.69) is 19.8 Å². The summed E-state index contributed by atoms with van der Waals surface area (Å²) < 4.78 is 2.17. The smallest absolute Gasteiger partial charge is 0.122 e. The number of hydrogen-bond acceptors (Lipinski definition) is 4. The van der Waals surface area contributed by atoms with Gasteiger partial charge in [-0.05, 0) is 7.05 Å². The van der Waals surface area contributed by atoms with Gasteiger partial charge < -0.3 is 15.0 Å². The maximum atomic E-state index is 9.67. The minimum atomic E-state index is -0.295. The van der Waals surface area contributed by atoms with Crippen molar-refractivity contribution in [1.29, 1.82) is 0 Å². The molecule has 0 aliphatic carbocycles. The first-order chi connectivity index (χ1) is 7.29. The van der Waals surface area contributed by atoms with E-state index >= 15 is 0 Å². The summed E-state index contributed by atoms with van der Waals surface area (Å²) in [6.45, 7) is 4.16. The zero-order valence-corrected chi connectivity index (χ0v) is 9.06. The summed E-state index contributed by atoms with van der Waals surface area (Å²) in [5.74, 6) is 1.10. The van der Waals surface area contributed by atoms with Crippen molar-refractivity contribution in [1.82, 2.24) is 19.8 Å². The molecular formula is C10H18N4O. The molecule has 2 N–H and O–H groups in total. The highest BCUT2D eigenvalue weighted by atomic mass is 16.3. The fourth-order valence-corrected chi connectivity index (χ4v) is 1.98. The molecule has 1 aliphatic rings. The van der Waals surface area contributed by atoms with Crippen LogP contribution in [-0.2, 0) is 13.1 Å². The molecule has 0 fully saturated rings. The van der Waals surface area contributed by atoms with Crippen LogP contribution in [0.5, 0.6) is 0 Å². The molecule has 1 aromatic rings. The van der Waals surface area contributed by atoms with Gasteiger partial charge in [-0.15, -0.1) is 0 Å². The minimum Gasteiger partial charge on any atom is -0.390 e. The summed E-state index contributed by atoms with van der Waals surface area (Å²) in [6.07, 6.45) is 3.55. The van der Waals surface area contributed by atoms with Gasteiger partial charge in [0.15, 0.2) is 0 Å². The maximum Gasteiger partial charge on any atom is 0.122 e. The summed E-state index contributed by atoms with van der Waals surface area (Å²) in [7, 11) is 1.85. The van der Waals surface area contributed by atoms with Gasteiger partial charge in [-0.25, -0.2) is 4.98 Å². The predicted octanol–water partition coefficient (Wildman–Crippen LogP) is -0.721. The van der Waals surface area contributed by atoms with E-state index in [4.69, 9.17) is 0 Å². The first-order valence-electron chi connectivity index (χ1n) is 5.34. The van der Waals surface area contributed by atoms with E-state index in [1.807, 2.05) is 19.4 Å². The minimum absolute atomic E-state index is 0.295. The molecule has 2 rings (SSSR count). The van der Waals surface area contributed by atoms with Gasteiger partial charge in [0.2, 0.25) is 0 Å². The molecule has 1 atom stereocenters. The van der Waals surface area contributed by atoms with Crippen LogP contribution in [0.4, 0.5) is 0 Å². The Morgan fingerprint density at radius 1 is 1.60 bits per heavy atom. The number of aliphatic hydroxyl groups is 1. The van der Waals surface area contributed by atoms with E-state index in [9.17, 15) is 5.11 Å². The molecule has 0 aromatic carbocycles. The van der Waals surface area contributed by atoms with E-state index in [-0.39, 0.29) is 6.10 Å². The lowest BCUT2D eigenvalue weighted by atomic mass is 10.3. The molecule has 15 heavy (non-hydrogen) atoms. The van der Waals surface area contributed by atoms with Crippen LogP contribution >= 0.6 is 0 Å². The first-order valence-corrected chi connectivity index (χ1v) is 5.34. The number of likely N-dealkylation sites (N-methyl/N-ethyl adjacent to an activating group) is 1. The van der Waals surface area contributed by atoms with E-state index in [1.165, 1.54) is 0 Å². The molecule has 1 unspecified atom stereocenters. The molecule has 0 spiro atoms. The lowest BCUT2D eigenvalue weighted by Gasteiger charge is -2.29. The van der Waals surface area contributed by atoms with E-state index in [1.54, 1.807) is 0 Å². The number of hydrogen-bond donors (Lipinski definition) is 2. The number of imidazole rings is 1. The van der Waals surface area contributed by atoms with Gasteiger partial charge >= 0.3 is 0 Å². The second-order valence-corrected chi connectivity index (χ2v) is 3.98. The van der Waals surface area contributed by atoms with Crippen LogP contribution in [0.2, 0.25) is 0 Å². The van der Waals surface area contributed by atoms with Crippen molar-refractivity contribution in [2.24, 2.45) is 0 Å². The van der Waals surface area contributed by atoms with Crippen LogP contribution in [-0.4, -0.2) is 52.3 Å². The van der Waals surface area contributed by atoms with Crippen LogP contribution in [0.25, 0.3) is 0 Å². The predicted molar refractivity (Wildman–Crippen MR) is 57.4 cm³/mol. The fraction of sp³-hybridized carbons (Fsp3) is 0.700. The SMILES string of the molecule is CNCC(O)CN1CCn2ccnc2C1. The van der Waals surface area contributed by atoms with Gasteiger partial charge in [-0.1, -0.05) is 0 Å². The van der Waals surface area contributed by atoms with Gasteiger partial charge in [0.25, 0.3) is 0 Å². The summed E-state index contributed by atoms with van der Waals surface area (Å²) in [5.41, 5.74) is 0. The number of β-amino-alcohol motifs (C(OH)–C–C–N with tert-alkyl or cyclic N) is 1. The highest BCUT2D eigenvalue weighted by Crippen LogP contribution is 2.10.